The maximum atomic E-state index is 6.19. The average Bonchev–Trinajstić information content (AvgIpc) is 3.16. The van der Waals surface area contributed by atoms with Gasteiger partial charge in [0.2, 0.25) is 0 Å². The fraction of sp³-hybridized carbons (Fsp3) is 0.667. The fourth-order valence-electron chi connectivity index (χ4n) is 3.10. The van der Waals surface area contributed by atoms with Crippen LogP contribution < -0.4 is 5.32 Å². The van der Waals surface area contributed by atoms with Gasteiger partial charge in [-0.2, -0.15) is 0 Å². The zero-order chi connectivity index (χ0) is 15.1. The first-order valence-corrected chi connectivity index (χ1v) is 8.91. The summed E-state index contributed by atoms with van der Waals surface area (Å²) < 4.78 is 6.19. The van der Waals surface area contributed by atoms with Gasteiger partial charge in [0.1, 0.15) is 0 Å². The molecule has 1 heterocycles. The molecule has 3 rings (SSSR count). The van der Waals surface area contributed by atoms with E-state index in [0.717, 1.165) is 19.0 Å². The highest BCUT2D eigenvalue weighted by Crippen LogP contribution is 2.46. The predicted octanol–water partition coefficient (Wildman–Crippen LogP) is 4.38. The van der Waals surface area contributed by atoms with E-state index in [-0.39, 0.29) is 11.2 Å². The molecule has 3 heteroatoms. The summed E-state index contributed by atoms with van der Waals surface area (Å²) in [7, 11) is 0. The third-order valence-corrected chi connectivity index (χ3v) is 5.93. The summed E-state index contributed by atoms with van der Waals surface area (Å²) in [6.45, 7) is 9.82. The molecule has 1 saturated heterocycles. The normalized spacial score (nSPS) is 27.0. The maximum absolute atomic E-state index is 6.19. The van der Waals surface area contributed by atoms with Gasteiger partial charge in [0.15, 0.2) is 0 Å². The van der Waals surface area contributed by atoms with Gasteiger partial charge in [-0.25, -0.2) is 0 Å². The maximum Gasteiger partial charge on any atom is 0.0756 e. The van der Waals surface area contributed by atoms with Crippen molar-refractivity contribution < 1.29 is 4.74 Å². The molecule has 1 saturated carbocycles. The number of hydrogen-bond donors (Lipinski definition) is 1. The first-order valence-electron chi connectivity index (χ1n) is 8.03. The minimum Gasteiger partial charge on any atom is -0.368 e. The molecular formula is C18H27NOS. The quantitative estimate of drug-likeness (QED) is 0.872. The van der Waals surface area contributed by atoms with Crippen molar-refractivity contribution in [2.45, 2.75) is 80.9 Å². The molecule has 0 aromatic heterocycles. The molecule has 0 amide bonds. The van der Waals surface area contributed by atoms with Crippen LogP contribution in [-0.2, 0) is 11.3 Å². The van der Waals surface area contributed by atoms with E-state index in [4.69, 9.17) is 4.74 Å². The number of hydrogen-bond acceptors (Lipinski definition) is 3. The zero-order valence-electron chi connectivity index (χ0n) is 13.6. The first-order chi connectivity index (χ1) is 9.84. The Morgan fingerprint density at radius 1 is 1.14 bits per heavy atom. The Hall–Kier alpha value is -0.510. The molecule has 2 nitrogen and oxygen atoms in total. The van der Waals surface area contributed by atoms with E-state index in [1.807, 2.05) is 11.8 Å². The Labute approximate surface area is 133 Å². The summed E-state index contributed by atoms with van der Waals surface area (Å²) in [5.74, 6) is 0. The second kappa shape index (κ2) is 5.60. The van der Waals surface area contributed by atoms with Gasteiger partial charge in [-0.15, -0.1) is 11.8 Å². The SMILES string of the molecule is CC1(C)CC(Sc2ccc(CNC3CC3)cc2)C(C)(C)O1. The molecule has 1 aromatic rings. The molecule has 21 heavy (non-hydrogen) atoms. The Morgan fingerprint density at radius 3 is 2.33 bits per heavy atom. The summed E-state index contributed by atoms with van der Waals surface area (Å²) >= 11 is 1.96. The van der Waals surface area contributed by atoms with Gasteiger partial charge >= 0.3 is 0 Å². The number of ether oxygens (including phenoxy) is 1. The molecular weight excluding hydrogens is 278 g/mol. The molecule has 1 unspecified atom stereocenters. The van der Waals surface area contributed by atoms with Crippen molar-refractivity contribution in [2.24, 2.45) is 0 Å². The lowest BCUT2D eigenvalue weighted by Gasteiger charge is -2.27. The van der Waals surface area contributed by atoms with Crippen LogP contribution in [-0.4, -0.2) is 22.5 Å². The molecule has 1 aromatic carbocycles. The number of benzene rings is 1. The van der Waals surface area contributed by atoms with Crippen LogP contribution in [0, 0.1) is 0 Å². The molecule has 116 valence electrons. The minimum absolute atomic E-state index is 0.00467. The number of rotatable bonds is 5. The molecule has 1 aliphatic heterocycles. The highest BCUT2D eigenvalue weighted by atomic mass is 32.2. The highest BCUT2D eigenvalue weighted by Gasteiger charge is 2.46. The molecule has 1 aliphatic carbocycles. The molecule has 2 fully saturated rings. The predicted molar refractivity (Wildman–Crippen MR) is 89.8 cm³/mol. The molecule has 0 bridgehead atoms. The van der Waals surface area contributed by atoms with Crippen molar-refractivity contribution in [1.29, 1.82) is 0 Å². The van der Waals surface area contributed by atoms with E-state index < -0.39 is 0 Å². The fourth-order valence-corrected chi connectivity index (χ4v) is 4.53. The van der Waals surface area contributed by atoms with Crippen LogP contribution in [0.2, 0.25) is 0 Å². The molecule has 1 atom stereocenters. The van der Waals surface area contributed by atoms with Gasteiger partial charge in [0.25, 0.3) is 0 Å². The third-order valence-electron chi connectivity index (χ3n) is 4.37. The zero-order valence-corrected chi connectivity index (χ0v) is 14.4. The van der Waals surface area contributed by atoms with Crippen LogP contribution in [0.3, 0.4) is 0 Å². The van der Waals surface area contributed by atoms with Gasteiger partial charge < -0.3 is 10.1 Å². The lowest BCUT2D eigenvalue weighted by atomic mass is 10.0. The van der Waals surface area contributed by atoms with E-state index in [1.54, 1.807) is 0 Å². The molecule has 2 aliphatic rings. The summed E-state index contributed by atoms with van der Waals surface area (Å²) in [4.78, 5) is 1.35. The summed E-state index contributed by atoms with van der Waals surface area (Å²) in [6, 6.07) is 9.81. The van der Waals surface area contributed by atoms with Crippen LogP contribution in [0.25, 0.3) is 0 Å². The number of nitrogens with one attached hydrogen (secondary N) is 1. The number of thioether (sulfide) groups is 1. The lowest BCUT2D eigenvalue weighted by Crippen LogP contribution is -2.30. The van der Waals surface area contributed by atoms with Crippen LogP contribution in [0.1, 0.15) is 52.5 Å². The van der Waals surface area contributed by atoms with E-state index in [0.29, 0.717) is 5.25 Å². The van der Waals surface area contributed by atoms with Crippen molar-refractivity contribution in [3.05, 3.63) is 29.8 Å². The van der Waals surface area contributed by atoms with Crippen molar-refractivity contribution >= 4 is 11.8 Å². The molecule has 0 spiro atoms. The third kappa shape index (κ3) is 4.02. The molecule has 1 N–H and O–H groups in total. The first kappa shape index (κ1) is 15.4. The van der Waals surface area contributed by atoms with Crippen molar-refractivity contribution in [2.75, 3.05) is 0 Å². The van der Waals surface area contributed by atoms with Crippen LogP contribution in [0.4, 0.5) is 0 Å². The molecule has 0 radical (unpaired) electrons. The van der Waals surface area contributed by atoms with Crippen molar-refractivity contribution in [3.8, 4) is 0 Å². The Balaban J connectivity index is 1.59. The second-order valence-corrected chi connectivity index (χ2v) is 8.85. The van der Waals surface area contributed by atoms with Gasteiger partial charge in [-0.05, 0) is 64.7 Å². The largest absolute Gasteiger partial charge is 0.368 e. The Kier molecular flexibility index (Phi) is 4.10. The van der Waals surface area contributed by atoms with Crippen molar-refractivity contribution in [1.82, 2.24) is 5.32 Å². The summed E-state index contributed by atoms with van der Waals surface area (Å²) in [5.41, 5.74) is 1.32. The Morgan fingerprint density at radius 2 is 1.81 bits per heavy atom. The van der Waals surface area contributed by atoms with E-state index in [2.05, 4.69) is 57.3 Å². The van der Waals surface area contributed by atoms with Crippen LogP contribution in [0.5, 0.6) is 0 Å². The van der Waals surface area contributed by atoms with E-state index in [9.17, 15) is 0 Å². The van der Waals surface area contributed by atoms with Crippen molar-refractivity contribution in [3.63, 3.8) is 0 Å². The summed E-state index contributed by atoms with van der Waals surface area (Å²) in [6.07, 6.45) is 3.80. The van der Waals surface area contributed by atoms with Crippen LogP contribution in [0.15, 0.2) is 29.2 Å². The topological polar surface area (TPSA) is 21.3 Å². The standard InChI is InChI=1S/C18H27NOS/c1-17(2)11-16(18(3,4)20-17)21-15-9-5-13(6-10-15)12-19-14-7-8-14/h5-6,9-10,14,16,19H,7-8,11-12H2,1-4H3. The van der Waals surface area contributed by atoms with Gasteiger partial charge in [0, 0.05) is 22.7 Å². The van der Waals surface area contributed by atoms with E-state index in [1.165, 1.54) is 23.3 Å². The Bertz CT molecular complexity index is 490. The summed E-state index contributed by atoms with van der Waals surface area (Å²) in [5, 5.41) is 4.08. The lowest BCUT2D eigenvalue weighted by molar-refractivity contribution is -0.0631. The van der Waals surface area contributed by atoms with Gasteiger partial charge in [-0.1, -0.05) is 12.1 Å². The smallest absolute Gasteiger partial charge is 0.0756 e. The van der Waals surface area contributed by atoms with Gasteiger partial charge in [-0.3, -0.25) is 0 Å². The van der Waals surface area contributed by atoms with E-state index >= 15 is 0 Å². The highest BCUT2D eigenvalue weighted by molar-refractivity contribution is 8.00. The monoisotopic (exact) mass is 305 g/mol. The van der Waals surface area contributed by atoms with Gasteiger partial charge in [0.05, 0.1) is 11.2 Å². The second-order valence-electron chi connectivity index (χ2n) is 7.57. The average molecular weight is 305 g/mol. The minimum atomic E-state index is -0.0552. The van der Waals surface area contributed by atoms with Crippen LogP contribution >= 0.6 is 11.8 Å².